The Hall–Kier alpha value is -0.930. The van der Waals surface area contributed by atoms with Crippen molar-refractivity contribution in [3.63, 3.8) is 0 Å². The van der Waals surface area contributed by atoms with E-state index in [0.29, 0.717) is 29.7 Å². The van der Waals surface area contributed by atoms with Crippen LogP contribution in [-0.2, 0) is 0 Å². The smallest absolute Gasteiger partial charge is 0.162 e. The molecular weight excluding hydrogens is 226 g/mol. The van der Waals surface area contributed by atoms with Crippen molar-refractivity contribution < 1.29 is 9.47 Å². The Labute approximate surface area is 101 Å². The first-order valence-corrected chi connectivity index (χ1v) is 5.82. The summed E-state index contributed by atoms with van der Waals surface area (Å²) < 4.78 is 11.0. The molecule has 0 aliphatic carbocycles. The molecule has 0 aliphatic heterocycles. The second-order valence-corrected chi connectivity index (χ2v) is 3.88. The van der Waals surface area contributed by atoms with Crippen molar-refractivity contribution >= 4 is 11.6 Å². The molecule has 0 amide bonds. The molecule has 1 aromatic carbocycles. The van der Waals surface area contributed by atoms with Gasteiger partial charge in [0.25, 0.3) is 0 Å². The maximum Gasteiger partial charge on any atom is 0.162 e. The second-order valence-electron chi connectivity index (χ2n) is 3.48. The number of benzene rings is 1. The number of hydrogen-bond donors (Lipinski definition) is 1. The SMILES string of the molecule is CCOc1cc(Cl)c([C@H](C)N)cc1OCC. The topological polar surface area (TPSA) is 44.5 Å². The van der Waals surface area contributed by atoms with Gasteiger partial charge in [-0.1, -0.05) is 11.6 Å². The van der Waals surface area contributed by atoms with E-state index in [4.69, 9.17) is 26.8 Å². The molecule has 90 valence electrons. The van der Waals surface area contributed by atoms with Gasteiger partial charge in [0.15, 0.2) is 11.5 Å². The van der Waals surface area contributed by atoms with E-state index >= 15 is 0 Å². The summed E-state index contributed by atoms with van der Waals surface area (Å²) >= 11 is 6.12. The maximum absolute atomic E-state index is 6.12. The fraction of sp³-hybridized carbons (Fsp3) is 0.500. The van der Waals surface area contributed by atoms with Gasteiger partial charge in [0.05, 0.1) is 13.2 Å². The molecule has 2 N–H and O–H groups in total. The van der Waals surface area contributed by atoms with Gasteiger partial charge < -0.3 is 15.2 Å². The lowest BCUT2D eigenvalue weighted by molar-refractivity contribution is 0.287. The molecule has 16 heavy (non-hydrogen) atoms. The summed E-state index contributed by atoms with van der Waals surface area (Å²) in [5.74, 6) is 1.36. The van der Waals surface area contributed by atoms with Gasteiger partial charge in [-0.3, -0.25) is 0 Å². The van der Waals surface area contributed by atoms with E-state index in [9.17, 15) is 0 Å². The van der Waals surface area contributed by atoms with Crippen LogP contribution in [0.2, 0.25) is 5.02 Å². The number of rotatable bonds is 5. The van der Waals surface area contributed by atoms with E-state index in [1.54, 1.807) is 6.07 Å². The van der Waals surface area contributed by atoms with E-state index in [1.807, 2.05) is 26.8 Å². The molecule has 4 heteroatoms. The Morgan fingerprint density at radius 2 is 1.69 bits per heavy atom. The maximum atomic E-state index is 6.12. The predicted molar refractivity (Wildman–Crippen MR) is 66.4 cm³/mol. The minimum absolute atomic E-state index is 0.123. The fourth-order valence-electron chi connectivity index (χ4n) is 1.44. The molecule has 0 bridgehead atoms. The predicted octanol–water partition coefficient (Wildman–Crippen LogP) is 3.16. The Morgan fingerprint density at radius 1 is 1.19 bits per heavy atom. The first-order chi connectivity index (χ1) is 7.60. The van der Waals surface area contributed by atoms with E-state index in [0.717, 1.165) is 5.56 Å². The van der Waals surface area contributed by atoms with Crippen LogP contribution in [0.15, 0.2) is 12.1 Å². The third kappa shape index (κ3) is 3.03. The molecule has 0 spiro atoms. The Morgan fingerprint density at radius 3 is 2.12 bits per heavy atom. The van der Waals surface area contributed by atoms with Crippen molar-refractivity contribution in [2.75, 3.05) is 13.2 Å². The molecule has 3 nitrogen and oxygen atoms in total. The zero-order valence-corrected chi connectivity index (χ0v) is 10.7. The third-order valence-corrected chi connectivity index (χ3v) is 2.48. The van der Waals surface area contributed by atoms with Crippen LogP contribution in [0.3, 0.4) is 0 Å². The summed E-state index contributed by atoms with van der Waals surface area (Å²) in [4.78, 5) is 0. The zero-order valence-electron chi connectivity index (χ0n) is 9.92. The quantitative estimate of drug-likeness (QED) is 0.864. The number of hydrogen-bond acceptors (Lipinski definition) is 3. The molecule has 0 radical (unpaired) electrons. The molecule has 0 saturated heterocycles. The highest BCUT2D eigenvalue weighted by molar-refractivity contribution is 6.31. The first-order valence-electron chi connectivity index (χ1n) is 5.44. The molecule has 0 heterocycles. The highest BCUT2D eigenvalue weighted by Gasteiger charge is 2.13. The Kier molecular flexibility index (Phi) is 4.90. The Bertz CT molecular complexity index is 353. The summed E-state index contributed by atoms with van der Waals surface area (Å²) in [5.41, 5.74) is 6.69. The van der Waals surface area contributed by atoms with Gasteiger partial charge in [0.1, 0.15) is 0 Å². The summed E-state index contributed by atoms with van der Waals surface area (Å²) in [7, 11) is 0. The van der Waals surface area contributed by atoms with Crippen molar-refractivity contribution in [3.8, 4) is 11.5 Å². The fourth-order valence-corrected chi connectivity index (χ4v) is 1.76. The Balaban J connectivity index is 3.14. The molecule has 0 fully saturated rings. The lowest BCUT2D eigenvalue weighted by Gasteiger charge is -2.15. The summed E-state index contributed by atoms with van der Waals surface area (Å²) in [6.45, 7) is 6.89. The summed E-state index contributed by atoms with van der Waals surface area (Å²) in [6, 6.07) is 3.48. The van der Waals surface area contributed by atoms with Crippen LogP contribution in [0.1, 0.15) is 32.4 Å². The molecule has 1 aromatic rings. The number of halogens is 1. The molecular formula is C12H18ClNO2. The lowest BCUT2D eigenvalue weighted by Crippen LogP contribution is -2.07. The lowest BCUT2D eigenvalue weighted by atomic mass is 10.1. The monoisotopic (exact) mass is 243 g/mol. The normalized spacial score (nSPS) is 12.3. The van der Waals surface area contributed by atoms with Crippen LogP contribution in [0, 0.1) is 0 Å². The van der Waals surface area contributed by atoms with Crippen molar-refractivity contribution in [1.29, 1.82) is 0 Å². The summed E-state index contributed by atoms with van der Waals surface area (Å²) in [5, 5.41) is 0.613. The largest absolute Gasteiger partial charge is 0.490 e. The standard InChI is InChI=1S/C12H18ClNO2/c1-4-15-11-6-9(8(3)14)10(13)7-12(11)16-5-2/h6-8H,4-5,14H2,1-3H3/t8-/m0/s1. The van der Waals surface area contributed by atoms with Crippen molar-refractivity contribution in [2.24, 2.45) is 5.73 Å². The first kappa shape index (κ1) is 13.1. The molecule has 0 aromatic heterocycles. The van der Waals surface area contributed by atoms with E-state index in [1.165, 1.54) is 0 Å². The zero-order chi connectivity index (χ0) is 12.1. The highest BCUT2D eigenvalue weighted by Crippen LogP contribution is 2.35. The van der Waals surface area contributed by atoms with Crippen LogP contribution >= 0.6 is 11.6 Å². The summed E-state index contributed by atoms with van der Waals surface area (Å²) in [6.07, 6.45) is 0. The van der Waals surface area contributed by atoms with Crippen LogP contribution in [0.25, 0.3) is 0 Å². The van der Waals surface area contributed by atoms with Crippen LogP contribution in [0.5, 0.6) is 11.5 Å². The molecule has 0 aliphatic rings. The molecule has 1 rings (SSSR count). The minimum atomic E-state index is -0.123. The van der Waals surface area contributed by atoms with Crippen molar-refractivity contribution in [2.45, 2.75) is 26.8 Å². The van der Waals surface area contributed by atoms with E-state index in [2.05, 4.69) is 0 Å². The minimum Gasteiger partial charge on any atom is -0.490 e. The van der Waals surface area contributed by atoms with Gasteiger partial charge in [-0.15, -0.1) is 0 Å². The van der Waals surface area contributed by atoms with Gasteiger partial charge in [-0.05, 0) is 32.4 Å². The van der Waals surface area contributed by atoms with Crippen LogP contribution in [0.4, 0.5) is 0 Å². The van der Waals surface area contributed by atoms with E-state index < -0.39 is 0 Å². The van der Waals surface area contributed by atoms with Crippen molar-refractivity contribution in [1.82, 2.24) is 0 Å². The second kappa shape index (κ2) is 5.97. The van der Waals surface area contributed by atoms with Gasteiger partial charge in [0, 0.05) is 17.1 Å². The van der Waals surface area contributed by atoms with Gasteiger partial charge in [0.2, 0.25) is 0 Å². The van der Waals surface area contributed by atoms with Crippen LogP contribution in [-0.4, -0.2) is 13.2 Å². The molecule has 1 atom stereocenters. The highest BCUT2D eigenvalue weighted by atomic mass is 35.5. The molecule has 0 saturated carbocycles. The van der Waals surface area contributed by atoms with Crippen LogP contribution < -0.4 is 15.2 Å². The van der Waals surface area contributed by atoms with Gasteiger partial charge in [-0.25, -0.2) is 0 Å². The third-order valence-electron chi connectivity index (χ3n) is 2.15. The average Bonchev–Trinajstić information content (AvgIpc) is 2.22. The van der Waals surface area contributed by atoms with Gasteiger partial charge in [-0.2, -0.15) is 0 Å². The number of ether oxygens (including phenoxy) is 2. The van der Waals surface area contributed by atoms with Crippen molar-refractivity contribution in [3.05, 3.63) is 22.7 Å². The average molecular weight is 244 g/mol. The molecule has 0 unspecified atom stereocenters. The van der Waals surface area contributed by atoms with E-state index in [-0.39, 0.29) is 6.04 Å². The number of nitrogens with two attached hydrogens (primary N) is 1. The van der Waals surface area contributed by atoms with Gasteiger partial charge >= 0.3 is 0 Å².